The van der Waals surface area contributed by atoms with Gasteiger partial charge < -0.3 is 24.8 Å². The van der Waals surface area contributed by atoms with Crippen LogP contribution in [-0.4, -0.2) is 61.0 Å². The normalized spacial score (nSPS) is 13.0. The minimum Gasteiger partial charge on any atom is -0.490 e. The van der Waals surface area contributed by atoms with E-state index in [1.54, 1.807) is 33.7 Å². The first-order valence-corrected chi connectivity index (χ1v) is 15.8. The molecule has 2 N–H and O–H groups in total. The molecule has 0 heterocycles. The summed E-state index contributed by atoms with van der Waals surface area (Å²) in [5.41, 5.74) is 0.568. The van der Waals surface area contributed by atoms with Crippen LogP contribution in [0.1, 0.15) is 78.6 Å². The van der Waals surface area contributed by atoms with E-state index in [-0.39, 0.29) is 42.3 Å². The van der Waals surface area contributed by atoms with Gasteiger partial charge in [-0.3, -0.25) is 9.59 Å². The van der Waals surface area contributed by atoms with Crippen LogP contribution in [0.15, 0.2) is 24.3 Å². The van der Waals surface area contributed by atoms with Crippen LogP contribution in [-0.2, 0) is 14.3 Å². The number of carbonyl (C=O) groups is 2. The summed E-state index contributed by atoms with van der Waals surface area (Å²) in [5.74, 6) is 7.10. The van der Waals surface area contributed by atoms with Crippen molar-refractivity contribution >= 4 is 33.4 Å². The fourth-order valence-corrected chi connectivity index (χ4v) is 5.22. The van der Waals surface area contributed by atoms with Crippen molar-refractivity contribution in [3.8, 4) is 17.6 Å². The zero-order valence-electron chi connectivity index (χ0n) is 25.0. The standard InChI is InChI=1S/C30H48N2O5S2/c1-23(2)12-10-16-31-27(33)21-35-18-19-37-30(8,39-38-29(5,6)7)22-36-26-15-9-14-25(20-26)28(34)32-17-11-13-24(3)4/h9,14-15,20,23-24H,11,13,16-19,21-22H2,1-8H3,(H,31,33)(H,32,34)/t30-/m1/s1. The van der Waals surface area contributed by atoms with Crippen LogP contribution >= 0.6 is 21.6 Å². The van der Waals surface area contributed by atoms with Crippen LogP contribution in [0.2, 0.25) is 0 Å². The third-order valence-electron chi connectivity index (χ3n) is 4.94. The van der Waals surface area contributed by atoms with Gasteiger partial charge in [0, 0.05) is 22.8 Å². The molecule has 0 saturated carbocycles. The van der Waals surface area contributed by atoms with Crippen molar-refractivity contribution in [1.29, 1.82) is 0 Å². The fourth-order valence-electron chi connectivity index (χ4n) is 2.99. The number of hydrogen-bond acceptors (Lipinski definition) is 7. The Bertz CT molecular complexity index is 937. The highest BCUT2D eigenvalue weighted by atomic mass is 33.1. The number of rotatable bonds is 17. The fraction of sp³-hybridized carbons (Fsp3) is 0.667. The quantitative estimate of drug-likeness (QED) is 0.102. The van der Waals surface area contributed by atoms with E-state index in [2.05, 4.69) is 57.1 Å². The van der Waals surface area contributed by atoms with Crippen LogP contribution in [0, 0.1) is 23.7 Å². The summed E-state index contributed by atoms with van der Waals surface area (Å²) in [6.07, 6.45) is 2.04. The average Bonchev–Trinajstić information content (AvgIpc) is 2.86. The summed E-state index contributed by atoms with van der Waals surface area (Å²) in [6, 6.07) is 7.20. The molecule has 0 bridgehead atoms. The van der Waals surface area contributed by atoms with Gasteiger partial charge in [0.25, 0.3) is 5.91 Å². The van der Waals surface area contributed by atoms with E-state index >= 15 is 0 Å². The molecule has 0 unspecified atom stereocenters. The highest BCUT2D eigenvalue weighted by Crippen LogP contribution is 2.44. The smallest absolute Gasteiger partial charge is 0.251 e. The molecular weight excluding hydrogens is 532 g/mol. The SMILES string of the molecule is CC(C)C#CCNC(=O)COCCO[C@@](C)(COc1cccc(C(=O)NCCCC(C)C)c1)SSC(C)(C)C. The summed E-state index contributed by atoms with van der Waals surface area (Å²) in [7, 11) is 3.31. The molecule has 220 valence electrons. The van der Waals surface area contributed by atoms with Crippen molar-refractivity contribution in [2.24, 2.45) is 11.8 Å². The third kappa shape index (κ3) is 18.2. The molecule has 9 heteroatoms. The lowest BCUT2D eigenvalue weighted by Crippen LogP contribution is -2.34. The molecule has 0 aromatic heterocycles. The number of benzene rings is 1. The lowest BCUT2D eigenvalue weighted by atomic mass is 10.1. The Morgan fingerprint density at radius 3 is 2.44 bits per heavy atom. The van der Waals surface area contributed by atoms with Crippen molar-refractivity contribution in [3.05, 3.63) is 29.8 Å². The van der Waals surface area contributed by atoms with E-state index in [9.17, 15) is 9.59 Å². The van der Waals surface area contributed by atoms with E-state index in [0.29, 0.717) is 36.9 Å². The van der Waals surface area contributed by atoms with Gasteiger partial charge >= 0.3 is 0 Å². The summed E-state index contributed by atoms with van der Waals surface area (Å²) >= 11 is 0. The molecule has 7 nitrogen and oxygen atoms in total. The Kier molecular flexibility index (Phi) is 16.7. The Balaban J connectivity index is 2.60. The molecule has 1 rings (SSSR count). The first kappa shape index (κ1) is 35.2. The molecule has 39 heavy (non-hydrogen) atoms. The van der Waals surface area contributed by atoms with E-state index in [0.717, 1.165) is 12.8 Å². The molecule has 1 aromatic rings. The van der Waals surface area contributed by atoms with Crippen LogP contribution in [0.3, 0.4) is 0 Å². The van der Waals surface area contributed by atoms with Gasteiger partial charge in [0.1, 0.15) is 19.0 Å². The maximum atomic E-state index is 12.6. The molecule has 2 amide bonds. The molecular formula is C30H48N2O5S2. The zero-order valence-corrected chi connectivity index (χ0v) is 26.6. The number of ether oxygens (including phenoxy) is 3. The van der Waals surface area contributed by atoms with Crippen LogP contribution in [0.4, 0.5) is 0 Å². The molecule has 0 saturated heterocycles. The predicted molar refractivity (Wildman–Crippen MR) is 164 cm³/mol. The van der Waals surface area contributed by atoms with E-state index in [4.69, 9.17) is 14.2 Å². The summed E-state index contributed by atoms with van der Waals surface area (Å²) in [6.45, 7) is 18.5. The zero-order chi connectivity index (χ0) is 29.3. The van der Waals surface area contributed by atoms with Crippen LogP contribution in [0.5, 0.6) is 5.75 Å². The number of amides is 2. The number of nitrogens with one attached hydrogen (secondary N) is 2. The van der Waals surface area contributed by atoms with Gasteiger partial charge in [-0.2, -0.15) is 0 Å². The summed E-state index contributed by atoms with van der Waals surface area (Å²) in [4.78, 5) is 23.8. The van der Waals surface area contributed by atoms with Crippen molar-refractivity contribution < 1.29 is 23.8 Å². The largest absolute Gasteiger partial charge is 0.490 e. The number of carbonyl (C=O) groups excluding carboxylic acids is 2. The van der Waals surface area contributed by atoms with Crippen molar-refractivity contribution in [2.45, 2.75) is 77.9 Å². The highest BCUT2D eigenvalue weighted by molar-refractivity contribution is 8.77. The molecule has 0 aliphatic rings. The molecule has 0 aliphatic carbocycles. The molecule has 1 atom stereocenters. The molecule has 0 radical (unpaired) electrons. The summed E-state index contributed by atoms with van der Waals surface area (Å²) < 4.78 is 17.8. The Morgan fingerprint density at radius 1 is 1.03 bits per heavy atom. The Labute approximate surface area is 244 Å². The Morgan fingerprint density at radius 2 is 1.77 bits per heavy atom. The van der Waals surface area contributed by atoms with Crippen molar-refractivity contribution in [1.82, 2.24) is 10.6 Å². The first-order valence-electron chi connectivity index (χ1n) is 13.6. The monoisotopic (exact) mass is 580 g/mol. The molecule has 0 aliphatic heterocycles. The Hall–Kier alpha value is -1.86. The average molecular weight is 581 g/mol. The van der Waals surface area contributed by atoms with Gasteiger partial charge in [0.2, 0.25) is 5.91 Å². The third-order valence-corrected chi connectivity index (χ3v) is 8.92. The van der Waals surface area contributed by atoms with Gasteiger partial charge in [-0.15, -0.1) is 0 Å². The molecule has 0 spiro atoms. The van der Waals surface area contributed by atoms with E-state index in [1.807, 2.05) is 32.9 Å². The first-order chi connectivity index (χ1) is 18.3. The maximum absolute atomic E-state index is 12.6. The van der Waals surface area contributed by atoms with Crippen molar-refractivity contribution in [2.75, 3.05) is 39.5 Å². The second-order valence-corrected chi connectivity index (χ2v) is 14.6. The van der Waals surface area contributed by atoms with Crippen molar-refractivity contribution in [3.63, 3.8) is 0 Å². The lowest BCUT2D eigenvalue weighted by molar-refractivity contribution is -0.126. The van der Waals surface area contributed by atoms with Gasteiger partial charge in [0.15, 0.2) is 4.93 Å². The van der Waals surface area contributed by atoms with Crippen LogP contribution in [0.25, 0.3) is 0 Å². The minimum atomic E-state index is -0.675. The van der Waals surface area contributed by atoms with Gasteiger partial charge in [-0.1, -0.05) is 88.0 Å². The van der Waals surface area contributed by atoms with Gasteiger partial charge in [-0.25, -0.2) is 0 Å². The summed E-state index contributed by atoms with van der Waals surface area (Å²) in [5, 5.41) is 5.70. The van der Waals surface area contributed by atoms with E-state index in [1.165, 1.54) is 0 Å². The van der Waals surface area contributed by atoms with Gasteiger partial charge in [-0.05, 0) is 43.9 Å². The minimum absolute atomic E-state index is 0.0237. The van der Waals surface area contributed by atoms with Gasteiger partial charge in [0.05, 0.1) is 19.8 Å². The molecule has 0 fully saturated rings. The predicted octanol–water partition coefficient (Wildman–Crippen LogP) is 5.94. The van der Waals surface area contributed by atoms with E-state index < -0.39 is 4.93 Å². The number of hydrogen-bond donors (Lipinski definition) is 2. The highest BCUT2D eigenvalue weighted by Gasteiger charge is 2.30. The second kappa shape index (κ2) is 18.5. The molecule has 1 aromatic carbocycles. The maximum Gasteiger partial charge on any atom is 0.251 e. The second-order valence-electron chi connectivity index (χ2n) is 11.2. The van der Waals surface area contributed by atoms with Crippen LogP contribution < -0.4 is 15.4 Å². The topological polar surface area (TPSA) is 85.9 Å². The lowest BCUT2D eigenvalue weighted by Gasteiger charge is -2.31.